The first-order valence-corrected chi connectivity index (χ1v) is 7.96. The minimum atomic E-state index is -0.128. The molecular weight excluding hydrogens is 294 g/mol. The molecule has 2 aromatic rings. The first kappa shape index (κ1) is 15.7. The van der Waals surface area contributed by atoms with Crippen LogP contribution in [0.5, 0.6) is 0 Å². The van der Waals surface area contributed by atoms with E-state index in [1.165, 1.54) is 0 Å². The number of rotatable bonds is 4. The van der Waals surface area contributed by atoms with E-state index >= 15 is 0 Å². The van der Waals surface area contributed by atoms with Gasteiger partial charge < -0.3 is 14.2 Å². The Balaban J connectivity index is 1.71. The molecule has 1 aliphatic heterocycles. The summed E-state index contributed by atoms with van der Waals surface area (Å²) >= 11 is 0. The van der Waals surface area contributed by atoms with E-state index < -0.39 is 0 Å². The van der Waals surface area contributed by atoms with Gasteiger partial charge in [-0.15, -0.1) is 0 Å². The van der Waals surface area contributed by atoms with Gasteiger partial charge in [-0.05, 0) is 31.0 Å². The van der Waals surface area contributed by atoms with Crippen molar-refractivity contribution in [3.05, 3.63) is 47.1 Å². The van der Waals surface area contributed by atoms with E-state index in [2.05, 4.69) is 17.1 Å². The van der Waals surface area contributed by atoms with Crippen molar-refractivity contribution in [1.29, 1.82) is 0 Å². The van der Waals surface area contributed by atoms with Crippen molar-refractivity contribution in [3.8, 4) is 0 Å². The summed E-state index contributed by atoms with van der Waals surface area (Å²) in [6.07, 6.45) is 3.40. The highest BCUT2D eigenvalue weighted by atomic mass is 16.5. The zero-order valence-electron chi connectivity index (χ0n) is 13.5. The van der Waals surface area contributed by atoms with Crippen LogP contribution in [0.3, 0.4) is 0 Å². The number of pyridine rings is 1. The SMILES string of the molecule is CCCc1cc(C(=O)N2CCO[C@H](c3ccnc(C)c3)C2)no1. The molecule has 23 heavy (non-hydrogen) atoms. The topological polar surface area (TPSA) is 68.5 Å². The molecule has 0 bridgehead atoms. The van der Waals surface area contributed by atoms with Crippen LogP contribution in [-0.4, -0.2) is 40.6 Å². The minimum Gasteiger partial charge on any atom is -0.370 e. The number of nitrogens with zero attached hydrogens (tertiary/aromatic N) is 3. The zero-order chi connectivity index (χ0) is 16.2. The third-order valence-electron chi connectivity index (χ3n) is 3.92. The predicted octanol–water partition coefficient (Wildman–Crippen LogP) is 2.54. The van der Waals surface area contributed by atoms with Gasteiger partial charge in [0.25, 0.3) is 5.91 Å². The fourth-order valence-electron chi connectivity index (χ4n) is 2.74. The van der Waals surface area contributed by atoms with Crippen LogP contribution in [-0.2, 0) is 11.2 Å². The molecule has 0 saturated carbocycles. The highest BCUT2D eigenvalue weighted by Gasteiger charge is 2.28. The molecule has 0 N–H and O–H groups in total. The molecule has 0 aliphatic carbocycles. The average Bonchev–Trinajstić information content (AvgIpc) is 3.03. The molecule has 2 aromatic heterocycles. The van der Waals surface area contributed by atoms with Crippen LogP contribution in [0.15, 0.2) is 28.9 Å². The van der Waals surface area contributed by atoms with Gasteiger partial charge in [0, 0.05) is 30.9 Å². The Labute approximate surface area is 135 Å². The second-order valence-electron chi connectivity index (χ2n) is 5.77. The fourth-order valence-corrected chi connectivity index (χ4v) is 2.74. The van der Waals surface area contributed by atoms with Gasteiger partial charge in [0.15, 0.2) is 5.69 Å². The second kappa shape index (κ2) is 6.91. The number of hydrogen-bond donors (Lipinski definition) is 0. The van der Waals surface area contributed by atoms with Crippen LogP contribution < -0.4 is 0 Å². The Kier molecular flexibility index (Phi) is 4.71. The van der Waals surface area contributed by atoms with Gasteiger partial charge in [0.2, 0.25) is 0 Å². The normalized spacial score (nSPS) is 18.2. The lowest BCUT2D eigenvalue weighted by molar-refractivity contribution is -0.0231. The van der Waals surface area contributed by atoms with Crippen LogP contribution >= 0.6 is 0 Å². The molecule has 1 atom stereocenters. The van der Waals surface area contributed by atoms with Gasteiger partial charge in [-0.2, -0.15) is 0 Å². The van der Waals surface area contributed by atoms with E-state index in [4.69, 9.17) is 9.26 Å². The molecule has 122 valence electrons. The van der Waals surface area contributed by atoms with E-state index in [0.717, 1.165) is 29.9 Å². The zero-order valence-corrected chi connectivity index (χ0v) is 13.5. The van der Waals surface area contributed by atoms with Gasteiger partial charge in [-0.3, -0.25) is 9.78 Å². The van der Waals surface area contributed by atoms with Crippen molar-refractivity contribution >= 4 is 5.91 Å². The Morgan fingerprint density at radius 3 is 3.09 bits per heavy atom. The summed E-state index contributed by atoms with van der Waals surface area (Å²) in [7, 11) is 0. The Morgan fingerprint density at radius 2 is 2.30 bits per heavy atom. The second-order valence-corrected chi connectivity index (χ2v) is 5.77. The van der Waals surface area contributed by atoms with E-state index in [1.54, 1.807) is 17.2 Å². The van der Waals surface area contributed by atoms with Crippen molar-refractivity contribution in [2.24, 2.45) is 0 Å². The number of carbonyl (C=O) groups is 1. The van der Waals surface area contributed by atoms with Crippen LogP contribution in [0.1, 0.15) is 47.0 Å². The maximum Gasteiger partial charge on any atom is 0.276 e. The summed E-state index contributed by atoms with van der Waals surface area (Å²) in [5.41, 5.74) is 2.36. The lowest BCUT2D eigenvalue weighted by atomic mass is 10.1. The summed E-state index contributed by atoms with van der Waals surface area (Å²) in [6, 6.07) is 5.67. The molecule has 3 rings (SSSR count). The van der Waals surface area contributed by atoms with Gasteiger partial charge in [-0.25, -0.2) is 0 Å². The third-order valence-corrected chi connectivity index (χ3v) is 3.92. The number of aromatic nitrogens is 2. The highest BCUT2D eigenvalue weighted by Crippen LogP contribution is 2.23. The van der Waals surface area contributed by atoms with Crippen molar-refractivity contribution in [3.63, 3.8) is 0 Å². The Bertz CT molecular complexity index is 683. The highest BCUT2D eigenvalue weighted by molar-refractivity contribution is 5.92. The van der Waals surface area contributed by atoms with Crippen LogP contribution in [0.4, 0.5) is 0 Å². The third kappa shape index (κ3) is 3.59. The van der Waals surface area contributed by atoms with Crippen molar-refractivity contribution < 1.29 is 14.1 Å². The van der Waals surface area contributed by atoms with Crippen LogP contribution in [0.2, 0.25) is 0 Å². The van der Waals surface area contributed by atoms with E-state index in [0.29, 0.717) is 25.4 Å². The van der Waals surface area contributed by atoms with Crippen LogP contribution in [0, 0.1) is 6.92 Å². The van der Waals surface area contributed by atoms with Crippen molar-refractivity contribution in [1.82, 2.24) is 15.0 Å². The van der Waals surface area contributed by atoms with Gasteiger partial charge >= 0.3 is 0 Å². The molecule has 1 aliphatic rings. The number of carbonyl (C=O) groups excluding carboxylic acids is 1. The largest absolute Gasteiger partial charge is 0.370 e. The molecule has 6 nitrogen and oxygen atoms in total. The molecule has 6 heteroatoms. The molecule has 3 heterocycles. The average molecular weight is 315 g/mol. The Morgan fingerprint density at radius 1 is 1.43 bits per heavy atom. The fraction of sp³-hybridized carbons (Fsp3) is 0.471. The monoisotopic (exact) mass is 315 g/mol. The molecular formula is C17H21N3O3. The lowest BCUT2D eigenvalue weighted by Gasteiger charge is -2.32. The number of amides is 1. The Hall–Kier alpha value is -2.21. The number of ether oxygens (including phenoxy) is 1. The molecule has 1 fully saturated rings. The summed E-state index contributed by atoms with van der Waals surface area (Å²) in [5.74, 6) is 0.653. The number of morpholine rings is 1. The van der Waals surface area contributed by atoms with Gasteiger partial charge in [-0.1, -0.05) is 12.1 Å². The summed E-state index contributed by atoms with van der Waals surface area (Å²) in [5, 5.41) is 3.90. The minimum absolute atomic E-state index is 0.102. The van der Waals surface area contributed by atoms with Gasteiger partial charge in [0.1, 0.15) is 11.9 Å². The van der Waals surface area contributed by atoms with Gasteiger partial charge in [0.05, 0.1) is 13.2 Å². The molecule has 1 saturated heterocycles. The molecule has 1 amide bonds. The quantitative estimate of drug-likeness (QED) is 0.867. The summed E-state index contributed by atoms with van der Waals surface area (Å²) in [4.78, 5) is 18.6. The van der Waals surface area contributed by atoms with Crippen molar-refractivity contribution in [2.45, 2.75) is 32.8 Å². The lowest BCUT2D eigenvalue weighted by Crippen LogP contribution is -2.42. The first-order valence-electron chi connectivity index (χ1n) is 7.96. The molecule has 0 spiro atoms. The standard InChI is InChI=1S/C17H21N3O3/c1-3-4-14-10-15(19-23-14)17(21)20-7-8-22-16(11-20)13-5-6-18-12(2)9-13/h5-6,9-10,16H,3-4,7-8,11H2,1-2H3/t16-/m0/s1. The smallest absolute Gasteiger partial charge is 0.276 e. The first-order chi connectivity index (χ1) is 11.2. The van der Waals surface area contributed by atoms with E-state index in [9.17, 15) is 4.79 Å². The maximum absolute atomic E-state index is 12.6. The summed E-state index contributed by atoms with van der Waals surface area (Å²) in [6.45, 7) is 5.60. The van der Waals surface area contributed by atoms with Crippen LogP contribution in [0.25, 0.3) is 0 Å². The molecule has 0 radical (unpaired) electrons. The predicted molar refractivity (Wildman–Crippen MR) is 84.1 cm³/mol. The summed E-state index contributed by atoms with van der Waals surface area (Å²) < 4.78 is 11.0. The van der Waals surface area contributed by atoms with E-state index in [-0.39, 0.29) is 12.0 Å². The molecule has 0 aromatic carbocycles. The number of aryl methyl sites for hydroxylation is 2. The van der Waals surface area contributed by atoms with E-state index in [1.807, 2.05) is 19.1 Å². The molecule has 0 unspecified atom stereocenters. The maximum atomic E-state index is 12.6. The number of hydrogen-bond acceptors (Lipinski definition) is 5. The van der Waals surface area contributed by atoms with Crippen molar-refractivity contribution in [2.75, 3.05) is 19.7 Å².